The monoisotopic (exact) mass is 312 g/mol. The SMILES string of the molecule is CCCCCCCCCCCCSC1(O)C=CC(O)=CC1. The Morgan fingerprint density at radius 1 is 1.00 bits per heavy atom. The summed E-state index contributed by atoms with van der Waals surface area (Å²) < 4.78 is 0. The lowest BCUT2D eigenvalue weighted by Crippen LogP contribution is -2.22. The molecule has 1 unspecified atom stereocenters. The van der Waals surface area contributed by atoms with E-state index in [4.69, 9.17) is 0 Å². The van der Waals surface area contributed by atoms with Crippen LogP contribution in [-0.2, 0) is 0 Å². The molecule has 21 heavy (non-hydrogen) atoms. The maximum atomic E-state index is 10.3. The fourth-order valence-electron chi connectivity index (χ4n) is 2.55. The van der Waals surface area contributed by atoms with Gasteiger partial charge in [-0.25, -0.2) is 0 Å². The summed E-state index contributed by atoms with van der Waals surface area (Å²) in [4.78, 5) is -0.800. The largest absolute Gasteiger partial charge is 0.508 e. The summed E-state index contributed by atoms with van der Waals surface area (Å²) >= 11 is 1.59. The molecule has 0 saturated carbocycles. The molecular weight excluding hydrogens is 280 g/mol. The van der Waals surface area contributed by atoms with Crippen molar-refractivity contribution in [2.24, 2.45) is 0 Å². The Morgan fingerprint density at radius 2 is 1.57 bits per heavy atom. The van der Waals surface area contributed by atoms with Crippen LogP contribution in [0.5, 0.6) is 0 Å². The maximum Gasteiger partial charge on any atom is 0.133 e. The lowest BCUT2D eigenvalue weighted by molar-refractivity contribution is 0.186. The van der Waals surface area contributed by atoms with E-state index in [1.54, 1.807) is 30.0 Å². The first-order valence-corrected chi connectivity index (χ1v) is 9.59. The highest BCUT2D eigenvalue weighted by Gasteiger charge is 2.24. The molecule has 0 heterocycles. The topological polar surface area (TPSA) is 40.5 Å². The van der Waals surface area contributed by atoms with Crippen molar-refractivity contribution in [1.29, 1.82) is 0 Å². The number of allylic oxidation sites excluding steroid dienone is 1. The smallest absolute Gasteiger partial charge is 0.133 e. The van der Waals surface area contributed by atoms with E-state index in [1.165, 1.54) is 64.2 Å². The summed E-state index contributed by atoms with van der Waals surface area (Å²) in [6.07, 6.45) is 18.9. The van der Waals surface area contributed by atoms with Crippen molar-refractivity contribution in [2.75, 3.05) is 5.75 Å². The molecule has 0 radical (unpaired) electrons. The van der Waals surface area contributed by atoms with Gasteiger partial charge in [-0.05, 0) is 30.4 Å². The normalized spacial score (nSPS) is 21.5. The second kappa shape index (κ2) is 11.2. The molecule has 0 aromatic heterocycles. The third-order valence-electron chi connectivity index (χ3n) is 3.97. The Balaban J connectivity index is 1.88. The third kappa shape index (κ3) is 9.26. The van der Waals surface area contributed by atoms with Gasteiger partial charge in [-0.3, -0.25) is 0 Å². The average molecular weight is 313 g/mol. The predicted molar refractivity (Wildman–Crippen MR) is 93.7 cm³/mol. The third-order valence-corrected chi connectivity index (χ3v) is 5.26. The van der Waals surface area contributed by atoms with Crippen molar-refractivity contribution < 1.29 is 10.2 Å². The van der Waals surface area contributed by atoms with E-state index in [1.807, 2.05) is 0 Å². The summed E-state index contributed by atoms with van der Waals surface area (Å²) in [6.45, 7) is 2.26. The second-order valence-electron chi connectivity index (χ2n) is 6.04. The number of rotatable bonds is 12. The molecule has 0 bridgehead atoms. The lowest BCUT2D eigenvalue weighted by Gasteiger charge is -2.24. The summed E-state index contributed by atoms with van der Waals surface area (Å²) in [7, 11) is 0. The molecule has 2 N–H and O–H groups in total. The minimum Gasteiger partial charge on any atom is -0.508 e. The van der Waals surface area contributed by atoms with Gasteiger partial charge in [0.05, 0.1) is 0 Å². The van der Waals surface area contributed by atoms with Crippen molar-refractivity contribution >= 4 is 11.8 Å². The Labute approximate surface area is 134 Å². The molecule has 1 rings (SSSR count). The molecule has 3 heteroatoms. The zero-order chi connectivity index (χ0) is 15.4. The van der Waals surface area contributed by atoms with Crippen LogP contribution < -0.4 is 0 Å². The quantitative estimate of drug-likeness (QED) is 0.357. The molecule has 1 aliphatic rings. The van der Waals surface area contributed by atoms with Crippen molar-refractivity contribution in [3.63, 3.8) is 0 Å². The molecule has 1 atom stereocenters. The number of aliphatic hydroxyl groups is 2. The zero-order valence-corrected chi connectivity index (χ0v) is 14.3. The van der Waals surface area contributed by atoms with Crippen LogP contribution in [0.15, 0.2) is 24.0 Å². The minimum atomic E-state index is -0.800. The summed E-state index contributed by atoms with van der Waals surface area (Å²) in [5, 5.41) is 19.5. The van der Waals surface area contributed by atoms with Gasteiger partial charge in [-0.15, -0.1) is 11.8 Å². The lowest BCUT2D eigenvalue weighted by atomic mass is 10.1. The van der Waals surface area contributed by atoms with Crippen molar-refractivity contribution in [3.8, 4) is 0 Å². The highest BCUT2D eigenvalue weighted by molar-refractivity contribution is 8.00. The number of unbranched alkanes of at least 4 members (excludes halogenated alkanes) is 9. The van der Waals surface area contributed by atoms with Crippen LogP contribution in [0.2, 0.25) is 0 Å². The minimum absolute atomic E-state index is 0.263. The Hall–Kier alpha value is -0.410. The van der Waals surface area contributed by atoms with Crippen LogP contribution in [0.1, 0.15) is 77.6 Å². The van der Waals surface area contributed by atoms with E-state index in [9.17, 15) is 10.2 Å². The first-order chi connectivity index (χ1) is 10.2. The van der Waals surface area contributed by atoms with Crippen LogP contribution in [0.4, 0.5) is 0 Å². The van der Waals surface area contributed by atoms with Crippen LogP contribution >= 0.6 is 11.8 Å². The molecule has 0 saturated heterocycles. The Morgan fingerprint density at radius 3 is 2.10 bits per heavy atom. The second-order valence-corrected chi connectivity index (χ2v) is 7.45. The zero-order valence-electron chi connectivity index (χ0n) is 13.5. The number of hydrogen-bond acceptors (Lipinski definition) is 3. The molecule has 0 aromatic carbocycles. The molecule has 1 aliphatic carbocycles. The number of aliphatic hydroxyl groups excluding tert-OH is 1. The Kier molecular flexibility index (Phi) is 9.94. The van der Waals surface area contributed by atoms with Gasteiger partial charge in [0.15, 0.2) is 0 Å². The molecular formula is C18H32O2S. The fraction of sp³-hybridized carbons (Fsp3) is 0.778. The molecule has 0 aromatic rings. The highest BCUT2D eigenvalue weighted by atomic mass is 32.2. The van der Waals surface area contributed by atoms with Gasteiger partial charge < -0.3 is 10.2 Å². The molecule has 0 fully saturated rings. The average Bonchev–Trinajstić information content (AvgIpc) is 2.48. The van der Waals surface area contributed by atoms with Gasteiger partial charge in [0.2, 0.25) is 0 Å². The first-order valence-electron chi connectivity index (χ1n) is 8.61. The van der Waals surface area contributed by atoms with E-state index in [0.29, 0.717) is 6.42 Å². The van der Waals surface area contributed by atoms with Gasteiger partial charge in [0, 0.05) is 6.42 Å². The van der Waals surface area contributed by atoms with E-state index in [0.717, 1.165) is 5.75 Å². The fourth-order valence-corrected chi connectivity index (χ4v) is 3.62. The standard InChI is InChI=1S/C18H32O2S/c1-2-3-4-5-6-7-8-9-10-11-16-21-18(20)14-12-17(19)13-15-18/h12-14,19-20H,2-11,15-16H2,1H3. The summed E-state index contributed by atoms with van der Waals surface area (Å²) in [5.74, 6) is 1.26. The van der Waals surface area contributed by atoms with Crippen LogP contribution in [0, 0.1) is 0 Å². The van der Waals surface area contributed by atoms with Gasteiger partial charge in [-0.1, -0.05) is 64.7 Å². The van der Waals surface area contributed by atoms with E-state index < -0.39 is 4.93 Å². The number of hydrogen-bond donors (Lipinski definition) is 2. The van der Waals surface area contributed by atoms with E-state index >= 15 is 0 Å². The van der Waals surface area contributed by atoms with Gasteiger partial charge in [-0.2, -0.15) is 0 Å². The van der Waals surface area contributed by atoms with E-state index in [2.05, 4.69) is 6.92 Å². The van der Waals surface area contributed by atoms with Crippen LogP contribution in [0.3, 0.4) is 0 Å². The van der Waals surface area contributed by atoms with Crippen molar-refractivity contribution in [3.05, 3.63) is 24.0 Å². The predicted octanol–water partition coefficient (Wildman–Crippen LogP) is 5.73. The molecule has 2 nitrogen and oxygen atoms in total. The maximum absolute atomic E-state index is 10.3. The molecule has 0 amide bonds. The number of thioether (sulfide) groups is 1. The summed E-state index contributed by atoms with van der Waals surface area (Å²) in [5.41, 5.74) is 0. The van der Waals surface area contributed by atoms with Gasteiger partial charge in [0.25, 0.3) is 0 Å². The van der Waals surface area contributed by atoms with Crippen molar-refractivity contribution in [2.45, 2.75) is 82.5 Å². The summed E-state index contributed by atoms with van der Waals surface area (Å²) in [6, 6.07) is 0. The van der Waals surface area contributed by atoms with Crippen LogP contribution in [0.25, 0.3) is 0 Å². The highest BCUT2D eigenvalue weighted by Crippen LogP contribution is 2.32. The molecule has 122 valence electrons. The van der Waals surface area contributed by atoms with E-state index in [-0.39, 0.29) is 5.76 Å². The van der Waals surface area contributed by atoms with Gasteiger partial charge >= 0.3 is 0 Å². The first kappa shape index (κ1) is 18.6. The molecule has 0 spiro atoms. The van der Waals surface area contributed by atoms with Crippen LogP contribution in [-0.4, -0.2) is 20.9 Å². The molecule has 0 aliphatic heterocycles. The van der Waals surface area contributed by atoms with Crippen molar-refractivity contribution in [1.82, 2.24) is 0 Å². The van der Waals surface area contributed by atoms with Gasteiger partial charge in [0.1, 0.15) is 10.7 Å². The Bertz CT molecular complexity index is 325.